The standard InChI is InChI=1S/C14H21N5/c1-18-7-8-19(11-18)6-2-5-17-14-4-3-13(16)9-12(14)10-15/h3-4,9,17H,2,5-8,11,16H2,1H3. The number of benzene rings is 1. The first kappa shape index (κ1) is 13.7. The number of anilines is 2. The highest BCUT2D eigenvalue weighted by Crippen LogP contribution is 2.17. The molecule has 0 aliphatic carbocycles. The molecule has 0 atom stereocenters. The third-order valence-corrected chi connectivity index (χ3v) is 3.37. The molecule has 3 N–H and O–H groups in total. The first-order valence-electron chi connectivity index (χ1n) is 6.63. The molecular weight excluding hydrogens is 238 g/mol. The number of nitrogens with zero attached hydrogens (tertiary/aromatic N) is 3. The van der Waals surface area contributed by atoms with Crippen molar-refractivity contribution < 1.29 is 0 Å². The Kier molecular flexibility index (Phi) is 4.61. The molecule has 0 amide bonds. The fraction of sp³-hybridized carbons (Fsp3) is 0.500. The lowest BCUT2D eigenvalue weighted by atomic mass is 10.1. The molecule has 1 aliphatic rings. The van der Waals surface area contributed by atoms with Crippen LogP contribution < -0.4 is 11.1 Å². The number of hydrogen-bond donors (Lipinski definition) is 2. The number of hydrogen-bond acceptors (Lipinski definition) is 5. The third kappa shape index (κ3) is 3.85. The Hall–Kier alpha value is -1.77. The number of nitrogens with one attached hydrogen (secondary N) is 1. The summed E-state index contributed by atoms with van der Waals surface area (Å²) >= 11 is 0. The predicted molar refractivity (Wildman–Crippen MR) is 77.7 cm³/mol. The average molecular weight is 259 g/mol. The summed E-state index contributed by atoms with van der Waals surface area (Å²) in [5.41, 5.74) is 7.77. The summed E-state index contributed by atoms with van der Waals surface area (Å²) in [5.74, 6) is 0. The molecule has 19 heavy (non-hydrogen) atoms. The van der Waals surface area contributed by atoms with Gasteiger partial charge in [-0.25, -0.2) is 0 Å². The molecular formula is C14H21N5. The molecule has 1 saturated heterocycles. The minimum absolute atomic E-state index is 0.612. The number of nitrogen functional groups attached to an aromatic ring is 1. The van der Waals surface area contributed by atoms with E-state index in [0.717, 1.165) is 45.0 Å². The van der Waals surface area contributed by atoms with E-state index in [1.165, 1.54) is 0 Å². The van der Waals surface area contributed by atoms with Gasteiger partial charge in [0.05, 0.1) is 17.9 Å². The van der Waals surface area contributed by atoms with Gasteiger partial charge in [-0.05, 0) is 31.7 Å². The van der Waals surface area contributed by atoms with Crippen LogP contribution in [0.1, 0.15) is 12.0 Å². The van der Waals surface area contributed by atoms with Gasteiger partial charge in [0, 0.05) is 31.9 Å². The normalized spacial score (nSPS) is 16.4. The number of nitriles is 1. The van der Waals surface area contributed by atoms with Gasteiger partial charge in [-0.1, -0.05) is 0 Å². The molecule has 1 heterocycles. The van der Waals surface area contributed by atoms with Crippen LogP contribution in [0.2, 0.25) is 0 Å². The number of nitrogens with two attached hydrogens (primary N) is 1. The Morgan fingerprint density at radius 1 is 1.42 bits per heavy atom. The molecule has 1 aliphatic heterocycles. The van der Waals surface area contributed by atoms with Gasteiger partial charge in [0.15, 0.2) is 0 Å². The summed E-state index contributed by atoms with van der Waals surface area (Å²) in [5, 5.41) is 12.4. The van der Waals surface area contributed by atoms with Crippen LogP contribution in [0.25, 0.3) is 0 Å². The largest absolute Gasteiger partial charge is 0.399 e. The summed E-state index contributed by atoms with van der Waals surface area (Å²) < 4.78 is 0. The molecule has 0 bridgehead atoms. The Labute approximate surface area is 114 Å². The molecule has 0 unspecified atom stereocenters. The quantitative estimate of drug-likeness (QED) is 0.613. The van der Waals surface area contributed by atoms with Crippen LogP contribution in [0.3, 0.4) is 0 Å². The van der Waals surface area contributed by atoms with Gasteiger partial charge in [-0.3, -0.25) is 9.80 Å². The van der Waals surface area contributed by atoms with E-state index in [0.29, 0.717) is 11.3 Å². The summed E-state index contributed by atoms with van der Waals surface area (Å²) in [7, 11) is 2.14. The fourth-order valence-electron chi connectivity index (χ4n) is 2.31. The lowest BCUT2D eigenvalue weighted by Crippen LogP contribution is -2.25. The Bertz CT molecular complexity index is 465. The van der Waals surface area contributed by atoms with Crippen LogP contribution in [0.15, 0.2) is 18.2 Å². The van der Waals surface area contributed by atoms with Crippen LogP contribution in [0.5, 0.6) is 0 Å². The van der Waals surface area contributed by atoms with E-state index in [1.54, 1.807) is 6.07 Å². The highest BCUT2D eigenvalue weighted by Gasteiger charge is 2.15. The van der Waals surface area contributed by atoms with Crippen LogP contribution in [-0.4, -0.2) is 49.7 Å². The first-order chi connectivity index (χ1) is 9.19. The smallest absolute Gasteiger partial charge is 0.101 e. The van der Waals surface area contributed by atoms with Crippen molar-refractivity contribution in [3.8, 4) is 6.07 Å². The monoisotopic (exact) mass is 259 g/mol. The number of rotatable bonds is 5. The van der Waals surface area contributed by atoms with E-state index in [9.17, 15) is 0 Å². The topological polar surface area (TPSA) is 68.3 Å². The fourth-order valence-corrected chi connectivity index (χ4v) is 2.31. The van der Waals surface area contributed by atoms with Crippen molar-refractivity contribution in [2.75, 3.05) is 50.9 Å². The zero-order chi connectivity index (χ0) is 13.7. The summed E-state index contributed by atoms with van der Waals surface area (Å²) in [6, 6.07) is 7.56. The second-order valence-corrected chi connectivity index (χ2v) is 5.04. The van der Waals surface area contributed by atoms with Gasteiger partial charge in [0.1, 0.15) is 6.07 Å². The highest BCUT2D eigenvalue weighted by molar-refractivity contribution is 5.62. The van der Waals surface area contributed by atoms with E-state index < -0.39 is 0 Å². The third-order valence-electron chi connectivity index (χ3n) is 3.37. The van der Waals surface area contributed by atoms with Crippen molar-refractivity contribution in [2.24, 2.45) is 0 Å². The van der Waals surface area contributed by atoms with Crippen molar-refractivity contribution in [3.63, 3.8) is 0 Å². The molecule has 0 spiro atoms. The van der Waals surface area contributed by atoms with Gasteiger partial charge in [0.25, 0.3) is 0 Å². The molecule has 1 fully saturated rings. The van der Waals surface area contributed by atoms with Gasteiger partial charge >= 0.3 is 0 Å². The van der Waals surface area contributed by atoms with Crippen molar-refractivity contribution in [2.45, 2.75) is 6.42 Å². The molecule has 102 valence electrons. The van der Waals surface area contributed by atoms with Crippen molar-refractivity contribution in [1.82, 2.24) is 9.80 Å². The Morgan fingerprint density at radius 2 is 2.26 bits per heavy atom. The van der Waals surface area contributed by atoms with E-state index >= 15 is 0 Å². The molecule has 1 aromatic carbocycles. The zero-order valence-electron chi connectivity index (χ0n) is 11.4. The van der Waals surface area contributed by atoms with Crippen LogP contribution in [-0.2, 0) is 0 Å². The maximum atomic E-state index is 9.04. The average Bonchev–Trinajstić information content (AvgIpc) is 2.81. The van der Waals surface area contributed by atoms with Gasteiger partial charge in [0.2, 0.25) is 0 Å². The molecule has 5 heteroatoms. The van der Waals surface area contributed by atoms with Crippen molar-refractivity contribution in [3.05, 3.63) is 23.8 Å². The van der Waals surface area contributed by atoms with E-state index in [1.807, 2.05) is 12.1 Å². The molecule has 0 saturated carbocycles. The second kappa shape index (κ2) is 6.41. The van der Waals surface area contributed by atoms with Crippen LogP contribution in [0.4, 0.5) is 11.4 Å². The first-order valence-corrected chi connectivity index (χ1v) is 6.63. The van der Waals surface area contributed by atoms with Gasteiger partial charge < -0.3 is 11.1 Å². The predicted octanol–water partition coefficient (Wildman–Crippen LogP) is 1.15. The van der Waals surface area contributed by atoms with E-state index in [4.69, 9.17) is 11.0 Å². The van der Waals surface area contributed by atoms with Crippen LogP contribution in [0, 0.1) is 11.3 Å². The molecule has 0 aromatic heterocycles. The minimum Gasteiger partial charge on any atom is -0.399 e. The molecule has 2 rings (SSSR count). The summed E-state index contributed by atoms with van der Waals surface area (Å²) in [6.07, 6.45) is 1.07. The number of likely N-dealkylation sites (N-methyl/N-ethyl adjacent to an activating group) is 1. The molecule has 0 radical (unpaired) electrons. The molecule has 1 aromatic rings. The lowest BCUT2D eigenvalue weighted by Gasteiger charge is -2.15. The lowest BCUT2D eigenvalue weighted by molar-refractivity contribution is 0.274. The summed E-state index contributed by atoms with van der Waals surface area (Å²) in [6.45, 7) is 5.34. The van der Waals surface area contributed by atoms with Gasteiger partial charge in [-0.2, -0.15) is 5.26 Å². The highest BCUT2D eigenvalue weighted by atomic mass is 15.4. The minimum atomic E-state index is 0.612. The van der Waals surface area contributed by atoms with Crippen LogP contribution >= 0.6 is 0 Å². The maximum absolute atomic E-state index is 9.04. The second-order valence-electron chi connectivity index (χ2n) is 5.04. The van der Waals surface area contributed by atoms with Crippen molar-refractivity contribution in [1.29, 1.82) is 5.26 Å². The zero-order valence-corrected chi connectivity index (χ0v) is 11.4. The van der Waals surface area contributed by atoms with Crippen molar-refractivity contribution >= 4 is 11.4 Å². The van der Waals surface area contributed by atoms with Gasteiger partial charge in [-0.15, -0.1) is 0 Å². The molecule has 5 nitrogen and oxygen atoms in total. The summed E-state index contributed by atoms with van der Waals surface area (Å²) in [4.78, 5) is 4.76. The Morgan fingerprint density at radius 3 is 2.95 bits per heavy atom. The van der Waals surface area contributed by atoms with E-state index in [2.05, 4.69) is 28.2 Å². The SMILES string of the molecule is CN1CCN(CCCNc2ccc(N)cc2C#N)C1. The maximum Gasteiger partial charge on any atom is 0.101 e. The van der Waals surface area contributed by atoms with E-state index in [-0.39, 0.29) is 0 Å². The Balaban J connectivity index is 1.75.